The van der Waals surface area contributed by atoms with Crippen molar-refractivity contribution in [2.75, 3.05) is 4.72 Å². The van der Waals surface area contributed by atoms with Crippen molar-refractivity contribution in [2.24, 2.45) is 0 Å². The first-order valence-electron chi connectivity index (χ1n) is 3.03. The van der Waals surface area contributed by atoms with Gasteiger partial charge in [-0.3, -0.25) is 0 Å². The van der Waals surface area contributed by atoms with Gasteiger partial charge >= 0.3 is 113 Å². The van der Waals surface area contributed by atoms with E-state index in [1.165, 1.54) is 0 Å². The van der Waals surface area contributed by atoms with Crippen LogP contribution in [0, 0.1) is 0 Å². The Balaban J connectivity index is 0. The van der Waals surface area contributed by atoms with Gasteiger partial charge in [0, 0.05) is 0 Å². The molecule has 4 nitrogen and oxygen atoms in total. The van der Waals surface area contributed by atoms with Crippen molar-refractivity contribution in [2.45, 2.75) is 0 Å². The van der Waals surface area contributed by atoms with E-state index in [0.29, 0.717) is 5.69 Å². The summed E-state index contributed by atoms with van der Waals surface area (Å²) in [5, 5.41) is 0. The second kappa shape index (κ2) is 9.60. The summed E-state index contributed by atoms with van der Waals surface area (Å²) in [5.74, 6) is 0. The maximum absolute atomic E-state index is 10.1. The Hall–Kier alpha value is 2.58. The van der Waals surface area contributed by atoms with Crippen LogP contribution in [0.2, 0.25) is 0 Å². The maximum atomic E-state index is 10.1. The van der Waals surface area contributed by atoms with Crippen molar-refractivity contribution in [3.05, 3.63) is 30.3 Å². The summed E-state index contributed by atoms with van der Waals surface area (Å²) in [7, 11) is -4.11. The SMILES string of the molecule is O=S([O-])([O-])=[S+]Nc1ccccc1.[K+].[K+]. The summed E-state index contributed by atoms with van der Waals surface area (Å²) in [6, 6.07) is 8.60. The average molecular weight is 282 g/mol. The molecule has 66 valence electrons. The Labute approximate surface area is 172 Å². The van der Waals surface area contributed by atoms with E-state index in [0.717, 1.165) is 0 Å². The van der Waals surface area contributed by atoms with E-state index in [2.05, 4.69) is 4.72 Å². The van der Waals surface area contributed by atoms with E-state index < -0.39 is 9.05 Å². The van der Waals surface area contributed by atoms with Crippen molar-refractivity contribution >= 4 is 25.2 Å². The topological polar surface area (TPSA) is 75.2 Å². The van der Waals surface area contributed by atoms with Crippen LogP contribution in [-0.2, 0) is 19.6 Å². The van der Waals surface area contributed by atoms with Crippen LogP contribution < -0.4 is 107 Å². The van der Waals surface area contributed by atoms with Crippen LogP contribution in [0.25, 0.3) is 0 Å². The minimum atomic E-state index is -4.27. The van der Waals surface area contributed by atoms with Crippen molar-refractivity contribution < 1.29 is 116 Å². The fourth-order valence-corrected chi connectivity index (χ4v) is 1.53. The number of hydrogen-bond acceptors (Lipinski definition) is 3. The first-order chi connectivity index (χ1) is 5.58. The molecule has 0 aliphatic carbocycles. The molecule has 8 heteroatoms. The van der Waals surface area contributed by atoms with Crippen LogP contribution in [-0.4, -0.2) is 13.3 Å². The average Bonchev–Trinajstić information content (AvgIpc) is 2.02. The number of hydrogen-bond donors (Lipinski definition) is 1. The van der Waals surface area contributed by atoms with Crippen molar-refractivity contribution in [1.29, 1.82) is 0 Å². The van der Waals surface area contributed by atoms with Gasteiger partial charge in [0.25, 0.3) is 0 Å². The molecule has 0 unspecified atom stereocenters. The van der Waals surface area contributed by atoms with Gasteiger partial charge in [-0.1, -0.05) is 18.2 Å². The molecule has 0 fully saturated rings. The number of benzene rings is 1. The molecule has 0 saturated heterocycles. The summed E-state index contributed by atoms with van der Waals surface area (Å²) in [6.07, 6.45) is 0. The largest absolute Gasteiger partial charge is 1.00 e. The molecule has 0 amide bonds. The molecular formula is C6H6K2NO3S2+. The Morgan fingerprint density at radius 1 is 1.14 bits per heavy atom. The fourth-order valence-electron chi connectivity index (χ4n) is 0.605. The third-order valence-corrected chi connectivity index (χ3v) is 2.42. The van der Waals surface area contributed by atoms with Gasteiger partial charge in [0.15, 0.2) is 0 Å². The van der Waals surface area contributed by atoms with Crippen molar-refractivity contribution in [1.82, 2.24) is 0 Å². The van der Waals surface area contributed by atoms with Crippen molar-refractivity contribution in [3.63, 3.8) is 0 Å². The maximum Gasteiger partial charge on any atom is 1.00 e. The van der Waals surface area contributed by atoms with E-state index in [-0.39, 0.29) is 113 Å². The van der Waals surface area contributed by atoms with Gasteiger partial charge < -0.3 is 9.11 Å². The molecule has 0 aliphatic rings. The zero-order valence-electron chi connectivity index (χ0n) is 7.93. The molecule has 1 N–H and O–H groups in total. The zero-order valence-corrected chi connectivity index (χ0v) is 15.8. The zero-order chi connectivity index (χ0) is 9.03. The number of para-hydroxylation sites is 1. The Morgan fingerprint density at radius 3 is 2.07 bits per heavy atom. The van der Waals surface area contributed by atoms with Gasteiger partial charge in [0.1, 0.15) is 9.05 Å². The van der Waals surface area contributed by atoms with Crippen LogP contribution in [0.5, 0.6) is 0 Å². The molecule has 14 heavy (non-hydrogen) atoms. The Kier molecular flexibility index (Phi) is 13.0. The molecule has 0 atom stereocenters. The second-order valence-corrected chi connectivity index (χ2v) is 4.87. The fraction of sp³-hybridized carbons (Fsp3) is 0. The first-order valence-corrected chi connectivity index (χ1v) is 5.77. The van der Waals surface area contributed by atoms with E-state index in [1.54, 1.807) is 30.3 Å². The third kappa shape index (κ3) is 9.78. The van der Waals surface area contributed by atoms with E-state index >= 15 is 0 Å². The molecule has 0 spiro atoms. The molecule has 0 bridgehead atoms. The molecule has 0 aromatic heterocycles. The molecular weight excluding hydrogens is 276 g/mol. The van der Waals surface area contributed by atoms with Gasteiger partial charge in [-0.2, -0.15) is 0 Å². The predicted molar refractivity (Wildman–Crippen MR) is 47.1 cm³/mol. The number of rotatable bonds is 2. The van der Waals surface area contributed by atoms with Gasteiger partial charge in [0.05, 0.1) is 5.69 Å². The van der Waals surface area contributed by atoms with Crippen LogP contribution in [0.1, 0.15) is 0 Å². The molecule has 1 aromatic rings. The van der Waals surface area contributed by atoms with Crippen LogP contribution >= 0.6 is 0 Å². The van der Waals surface area contributed by atoms with E-state index in [4.69, 9.17) is 0 Å². The minimum Gasteiger partial charge on any atom is -0.744 e. The Bertz CT molecular complexity index is 357. The number of nitrogens with one attached hydrogen (secondary N) is 1. The minimum absolute atomic E-state index is 0. The van der Waals surface area contributed by atoms with E-state index in [9.17, 15) is 13.3 Å². The molecule has 0 saturated carbocycles. The summed E-state index contributed by atoms with van der Waals surface area (Å²) in [4.78, 5) is 0. The van der Waals surface area contributed by atoms with Crippen LogP contribution in [0.4, 0.5) is 5.69 Å². The van der Waals surface area contributed by atoms with Gasteiger partial charge in [-0.15, -0.1) is 4.72 Å². The molecule has 1 aromatic carbocycles. The van der Waals surface area contributed by atoms with Gasteiger partial charge in [-0.25, -0.2) is 4.21 Å². The monoisotopic (exact) mass is 282 g/mol. The van der Waals surface area contributed by atoms with Crippen LogP contribution in [0.3, 0.4) is 0 Å². The molecule has 0 aliphatic heterocycles. The molecule has 1 rings (SSSR count). The molecule has 0 radical (unpaired) electrons. The number of anilines is 1. The van der Waals surface area contributed by atoms with Crippen molar-refractivity contribution in [3.8, 4) is 0 Å². The smallest absolute Gasteiger partial charge is 0.744 e. The molecule has 0 heterocycles. The predicted octanol–water partition coefficient (Wildman–Crippen LogP) is -5.44. The quantitative estimate of drug-likeness (QED) is 0.334. The summed E-state index contributed by atoms with van der Waals surface area (Å²) in [5.41, 5.74) is 0.585. The second-order valence-electron chi connectivity index (χ2n) is 1.96. The summed E-state index contributed by atoms with van der Waals surface area (Å²) >= 11 is 0. The van der Waals surface area contributed by atoms with Gasteiger partial charge in [-0.05, 0) is 12.1 Å². The Morgan fingerprint density at radius 2 is 1.64 bits per heavy atom. The van der Waals surface area contributed by atoms with Gasteiger partial charge in [0.2, 0.25) is 0 Å². The van der Waals surface area contributed by atoms with Crippen LogP contribution in [0.15, 0.2) is 30.3 Å². The normalized spacial score (nSPS) is 9.29. The summed E-state index contributed by atoms with van der Waals surface area (Å²) in [6.45, 7) is 0. The standard InChI is InChI=1S/C6H7NO3S2.2K/c8-12(9,10)11-7-6-4-2-1-3-5-6;;/h1-5,7H,(H-,8,9,10);;/q;2*+1/p-1. The summed E-state index contributed by atoms with van der Waals surface area (Å²) < 4.78 is 32.8. The van der Waals surface area contributed by atoms with E-state index in [1.807, 2.05) is 0 Å². The third-order valence-electron chi connectivity index (χ3n) is 1.04. The first kappa shape index (κ1) is 18.9.